The highest BCUT2D eigenvalue weighted by Gasteiger charge is 2.51. The third-order valence-corrected chi connectivity index (χ3v) is 6.99. The Morgan fingerprint density at radius 3 is 2.20 bits per heavy atom. The molecular formula is C19H28N2O4. The van der Waals surface area contributed by atoms with E-state index in [1.165, 1.54) is 11.3 Å². The number of esters is 1. The van der Waals surface area contributed by atoms with Crippen LogP contribution in [0.2, 0.25) is 0 Å². The van der Waals surface area contributed by atoms with E-state index in [1.807, 2.05) is 0 Å². The molecule has 0 aromatic carbocycles. The lowest BCUT2D eigenvalue weighted by Crippen LogP contribution is -2.52. The molecule has 6 heteroatoms. The molecule has 2 amide bonds. The van der Waals surface area contributed by atoms with Gasteiger partial charge in [-0.15, -0.1) is 0 Å². The van der Waals surface area contributed by atoms with Crippen LogP contribution in [-0.4, -0.2) is 41.9 Å². The zero-order valence-electron chi connectivity index (χ0n) is 14.7. The van der Waals surface area contributed by atoms with Crippen LogP contribution >= 0.6 is 0 Å². The molecule has 4 saturated carbocycles. The topological polar surface area (TPSA) is 89.7 Å². The molecule has 0 unspecified atom stereocenters. The first-order chi connectivity index (χ1) is 12.0. The van der Waals surface area contributed by atoms with Gasteiger partial charge in [0.25, 0.3) is 5.91 Å². The molecule has 1 saturated heterocycles. The molecule has 2 N–H and O–H groups in total. The van der Waals surface area contributed by atoms with Crippen LogP contribution in [0, 0.1) is 29.6 Å². The number of piperidine rings is 1. The predicted octanol–water partition coefficient (Wildman–Crippen LogP) is 1.47. The molecule has 25 heavy (non-hydrogen) atoms. The molecule has 1 aliphatic heterocycles. The zero-order valence-corrected chi connectivity index (χ0v) is 14.7. The second-order valence-electron chi connectivity index (χ2n) is 8.57. The lowest BCUT2D eigenvalue weighted by molar-refractivity contribution is -0.167. The SMILES string of the molecule is NC(=O)[C@@H]1CCCCN1C(=O)COC(=O)C1C2CC3CC(C2)CC1C3. The molecule has 0 aromatic rings. The second-order valence-corrected chi connectivity index (χ2v) is 8.57. The van der Waals surface area contributed by atoms with Gasteiger partial charge < -0.3 is 15.4 Å². The molecule has 6 nitrogen and oxygen atoms in total. The largest absolute Gasteiger partial charge is 0.455 e. The van der Waals surface area contributed by atoms with Gasteiger partial charge in [-0.25, -0.2) is 0 Å². The summed E-state index contributed by atoms with van der Waals surface area (Å²) in [4.78, 5) is 38.1. The van der Waals surface area contributed by atoms with E-state index >= 15 is 0 Å². The van der Waals surface area contributed by atoms with Crippen molar-refractivity contribution in [2.45, 2.75) is 57.4 Å². The van der Waals surface area contributed by atoms with E-state index in [2.05, 4.69) is 0 Å². The molecule has 0 aromatic heterocycles. The van der Waals surface area contributed by atoms with Gasteiger partial charge in [0.15, 0.2) is 6.61 Å². The van der Waals surface area contributed by atoms with Crippen molar-refractivity contribution in [3.05, 3.63) is 0 Å². The zero-order chi connectivity index (χ0) is 17.6. The highest BCUT2D eigenvalue weighted by Crippen LogP contribution is 2.56. The lowest BCUT2D eigenvalue weighted by atomic mass is 9.52. The van der Waals surface area contributed by atoms with Crippen molar-refractivity contribution >= 4 is 17.8 Å². The highest BCUT2D eigenvalue weighted by molar-refractivity contribution is 5.88. The van der Waals surface area contributed by atoms with Gasteiger partial charge in [0.1, 0.15) is 6.04 Å². The number of amides is 2. The summed E-state index contributed by atoms with van der Waals surface area (Å²) in [6, 6.07) is -0.555. The maximum atomic E-state index is 12.7. The number of ether oxygens (including phenoxy) is 1. The smallest absolute Gasteiger partial charge is 0.310 e. The van der Waals surface area contributed by atoms with Gasteiger partial charge in [0.2, 0.25) is 5.91 Å². The van der Waals surface area contributed by atoms with Crippen molar-refractivity contribution in [1.82, 2.24) is 4.90 Å². The first kappa shape index (κ1) is 16.9. The van der Waals surface area contributed by atoms with E-state index in [0.717, 1.165) is 50.4 Å². The van der Waals surface area contributed by atoms with Gasteiger partial charge in [0.05, 0.1) is 5.92 Å². The fraction of sp³-hybridized carbons (Fsp3) is 0.842. The summed E-state index contributed by atoms with van der Waals surface area (Å²) in [6.07, 6.45) is 8.30. The fourth-order valence-electron chi connectivity index (χ4n) is 6.15. The number of likely N-dealkylation sites (tertiary alicyclic amines) is 1. The molecule has 138 valence electrons. The average Bonchev–Trinajstić information content (AvgIpc) is 2.58. The minimum Gasteiger partial charge on any atom is -0.455 e. The maximum Gasteiger partial charge on any atom is 0.310 e. The molecule has 0 radical (unpaired) electrons. The number of hydrogen-bond donors (Lipinski definition) is 1. The quantitative estimate of drug-likeness (QED) is 0.779. The lowest BCUT2D eigenvalue weighted by Gasteiger charge is -2.53. The third-order valence-electron chi connectivity index (χ3n) is 6.99. The van der Waals surface area contributed by atoms with Crippen LogP contribution < -0.4 is 5.73 Å². The number of carbonyl (C=O) groups is 3. The average molecular weight is 348 g/mol. The normalized spacial score (nSPS) is 39.3. The molecule has 4 aliphatic carbocycles. The van der Waals surface area contributed by atoms with Crippen molar-refractivity contribution in [2.24, 2.45) is 35.3 Å². The molecule has 1 atom stereocenters. The van der Waals surface area contributed by atoms with Crippen LogP contribution in [0.4, 0.5) is 0 Å². The Morgan fingerprint density at radius 2 is 1.60 bits per heavy atom. The van der Waals surface area contributed by atoms with E-state index in [9.17, 15) is 14.4 Å². The van der Waals surface area contributed by atoms with Crippen LogP contribution in [0.3, 0.4) is 0 Å². The van der Waals surface area contributed by atoms with Gasteiger partial charge in [-0.2, -0.15) is 0 Å². The standard InChI is InChI=1S/C19H28N2O4/c20-18(23)15-3-1-2-4-21(15)16(22)10-25-19(24)17-13-6-11-5-12(8-13)9-14(17)7-11/h11-15,17H,1-10H2,(H2,20,23)/t11?,12?,13?,14?,15-,17?/m0/s1. The fourth-order valence-corrected chi connectivity index (χ4v) is 6.15. The molecule has 5 aliphatic rings. The number of hydrogen-bond acceptors (Lipinski definition) is 4. The predicted molar refractivity (Wildman–Crippen MR) is 90.0 cm³/mol. The number of primary amides is 1. The van der Waals surface area contributed by atoms with Crippen LogP contribution in [0.15, 0.2) is 0 Å². The van der Waals surface area contributed by atoms with E-state index in [-0.39, 0.29) is 24.4 Å². The third kappa shape index (κ3) is 3.15. The van der Waals surface area contributed by atoms with Crippen molar-refractivity contribution in [2.75, 3.05) is 13.2 Å². The summed E-state index contributed by atoms with van der Waals surface area (Å²) in [5, 5.41) is 0. The monoisotopic (exact) mass is 348 g/mol. The minimum atomic E-state index is -0.555. The van der Waals surface area contributed by atoms with E-state index in [0.29, 0.717) is 24.8 Å². The van der Waals surface area contributed by atoms with Gasteiger partial charge in [-0.3, -0.25) is 14.4 Å². The summed E-state index contributed by atoms with van der Waals surface area (Å²) in [6.45, 7) is 0.257. The first-order valence-electron chi connectivity index (χ1n) is 9.78. The molecule has 5 fully saturated rings. The number of rotatable bonds is 4. The van der Waals surface area contributed by atoms with Gasteiger partial charge in [-0.05, 0) is 75.0 Å². The Labute approximate surface area is 148 Å². The molecule has 4 bridgehead atoms. The summed E-state index contributed by atoms with van der Waals surface area (Å²) >= 11 is 0. The number of nitrogens with two attached hydrogens (primary N) is 1. The highest BCUT2D eigenvalue weighted by atomic mass is 16.5. The minimum absolute atomic E-state index is 0.0195. The van der Waals surface area contributed by atoms with Gasteiger partial charge in [0, 0.05) is 6.54 Å². The van der Waals surface area contributed by atoms with Crippen molar-refractivity contribution in [1.29, 1.82) is 0 Å². The van der Waals surface area contributed by atoms with Crippen LogP contribution in [0.25, 0.3) is 0 Å². The Bertz CT molecular complexity index is 548. The Hall–Kier alpha value is -1.59. The van der Waals surface area contributed by atoms with Crippen LogP contribution in [0.1, 0.15) is 51.4 Å². The Morgan fingerprint density at radius 1 is 0.960 bits per heavy atom. The second kappa shape index (κ2) is 6.61. The summed E-state index contributed by atoms with van der Waals surface area (Å²) in [5.74, 6) is 1.53. The van der Waals surface area contributed by atoms with Crippen LogP contribution in [-0.2, 0) is 19.1 Å². The van der Waals surface area contributed by atoms with Crippen LogP contribution in [0.5, 0.6) is 0 Å². The first-order valence-corrected chi connectivity index (χ1v) is 9.78. The van der Waals surface area contributed by atoms with Crippen molar-refractivity contribution < 1.29 is 19.1 Å². The van der Waals surface area contributed by atoms with Crippen molar-refractivity contribution in [3.63, 3.8) is 0 Å². The van der Waals surface area contributed by atoms with Crippen molar-refractivity contribution in [3.8, 4) is 0 Å². The maximum absolute atomic E-state index is 12.7. The Balaban J connectivity index is 1.34. The van der Waals surface area contributed by atoms with E-state index in [4.69, 9.17) is 10.5 Å². The van der Waals surface area contributed by atoms with E-state index < -0.39 is 11.9 Å². The summed E-state index contributed by atoms with van der Waals surface area (Å²) in [5.41, 5.74) is 5.41. The Kier molecular flexibility index (Phi) is 4.46. The molecular weight excluding hydrogens is 320 g/mol. The summed E-state index contributed by atoms with van der Waals surface area (Å²) in [7, 11) is 0. The molecule has 1 heterocycles. The van der Waals surface area contributed by atoms with Gasteiger partial charge >= 0.3 is 5.97 Å². The molecule has 5 rings (SSSR count). The number of nitrogens with zero attached hydrogens (tertiary/aromatic N) is 1. The van der Waals surface area contributed by atoms with E-state index in [1.54, 1.807) is 0 Å². The summed E-state index contributed by atoms with van der Waals surface area (Å²) < 4.78 is 5.43. The van der Waals surface area contributed by atoms with Gasteiger partial charge in [-0.1, -0.05) is 0 Å². The number of carbonyl (C=O) groups excluding carboxylic acids is 3. The molecule has 0 spiro atoms.